The van der Waals surface area contributed by atoms with Crippen LogP contribution in [0.4, 0.5) is 0 Å². The molecule has 0 saturated carbocycles. The van der Waals surface area contributed by atoms with Crippen molar-refractivity contribution < 1.29 is 4.52 Å². The maximum absolute atomic E-state index is 4.85. The van der Waals surface area contributed by atoms with E-state index in [0.717, 1.165) is 10.8 Å². The summed E-state index contributed by atoms with van der Waals surface area (Å²) in [5.74, 6) is 0. The summed E-state index contributed by atoms with van der Waals surface area (Å²) < 4.78 is 4.85. The van der Waals surface area contributed by atoms with Crippen LogP contribution in [-0.4, -0.2) is 5.16 Å². The van der Waals surface area contributed by atoms with E-state index in [2.05, 4.69) is 18.3 Å². The van der Waals surface area contributed by atoms with E-state index in [0.29, 0.717) is 5.42 Å². The Labute approximate surface area is 59.2 Å². The van der Waals surface area contributed by atoms with Crippen LogP contribution < -0.4 is 10.6 Å². The van der Waals surface area contributed by atoms with Crippen molar-refractivity contribution in [2.45, 2.75) is 6.92 Å². The highest BCUT2D eigenvalue weighted by molar-refractivity contribution is 5.40. The average molecular weight is 135 g/mol. The lowest BCUT2D eigenvalue weighted by atomic mass is 10.3. The standard InChI is InChI=1S/C8H9NO/c1-6(2)4-8-7(3)5-9-10-8/h4-5H,1,3H2,2H3/b8-4+. The molecule has 0 aliphatic heterocycles. The van der Waals surface area contributed by atoms with E-state index in [4.69, 9.17) is 4.52 Å². The number of aromatic nitrogens is 1. The monoisotopic (exact) mass is 135 g/mol. The summed E-state index contributed by atoms with van der Waals surface area (Å²) in [5.41, 5.74) is 1.62. The van der Waals surface area contributed by atoms with Crippen LogP contribution in [0.5, 0.6) is 0 Å². The van der Waals surface area contributed by atoms with Crippen molar-refractivity contribution in [3.05, 3.63) is 29.0 Å². The van der Waals surface area contributed by atoms with Crippen molar-refractivity contribution in [2.75, 3.05) is 0 Å². The lowest BCUT2D eigenvalue weighted by Crippen LogP contribution is -2.16. The molecule has 2 nitrogen and oxygen atoms in total. The van der Waals surface area contributed by atoms with E-state index in [1.54, 1.807) is 12.3 Å². The minimum atomic E-state index is 0.688. The van der Waals surface area contributed by atoms with E-state index in [9.17, 15) is 0 Å². The second-order valence-electron chi connectivity index (χ2n) is 2.21. The van der Waals surface area contributed by atoms with E-state index in [1.807, 2.05) is 6.92 Å². The van der Waals surface area contributed by atoms with Gasteiger partial charge < -0.3 is 4.52 Å². The molecule has 52 valence electrons. The van der Waals surface area contributed by atoms with Crippen molar-refractivity contribution in [1.82, 2.24) is 5.16 Å². The molecule has 0 aromatic carbocycles. The molecule has 0 aliphatic rings. The molecule has 0 fully saturated rings. The van der Waals surface area contributed by atoms with Gasteiger partial charge in [0.05, 0.1) is 6.20 Å². The van der Waals surface area contributed by atoms with Crippen LogP contribution in [0.15, 0.2) is 22.9 Å². The molecular formula is C8H9NO. The molecule has 0 spiro atoms. The maximum Gasteiger partial charge on any atom is 0.166 e. The largest absolute Gasteiger partial charge is 0.356 e. The molecule has 0 bridgehead atoms. The van der Waals surface area contributed by atoms with Crippen LogP contribution in [0.3, 0.4) is 0 Å². The molecule has 1 aromatic heterocycles. The van der Waals surface area contributed by atoms with Gasteiger partial charge in [-0.1, -0.05) is 23.9 Å². The minimum absolute atomic E-state index is 0.688. The third kappa shape index (κ3) is 1.35. The van der Waals surface area contributed by atoms with Gasteiger partial charge in [-0.2, -0.15) is 0 Å². The summed E-state index contributed by atoms with van der Waals surface area (Å²) >= 11 is 0. The fraction of sp³-hybridized carbons (Fsp3) is 0.125. The van der Waals surface area contributed by atoms with Gasteiger partial charge in [-0.05, 0) is 13.0 Å². The molecule has 0 amide bonds. The van der Waals surface area contributed by atoms with Gasteiger partial charge >= 0.3 is 0 Å². The highest BCUT2D eigenvalue weighted by Gasteiger charge is 1.85. The van der Waals surface area contributed by atoms with Gasteiger partial charge in [0.2, 0.25) is 0 Å². The summed E-state index contributed by atoms with van der Waals surface area (Å²) in [6.45, 7) is 9.30. The smallest absolute Gasteiger partial charge is 0.166 e. The highest BCUT2D eigenvalue weighted by Crippen LogP contribution is 1.84. The fourth-order valence-electron chi connectivity index (χ4n) is 0.612. The first-order valence-electron chi connectivity index (χ1n) is 2.97. The third-order valence-corrected chi connectivity index (χ3v) is 1.05. The number of nitrogens with zero attached hydrogens (tertiary/aromatic N) is 1. The van der Waals surface area contributed by atoms with Crippen LogP contribution in [0.1, 0.15) is 6.92 Å². The van der Waals surface area contributed by atoms with E-state index < -0.39 is 0 Å². The zero-order valence-corrected chi connectivity index (χ0v) is 5.92. The molecule has 0 radical (unpaired) electrons. The molecule has 2 heteroatoms. The Kier molecular flexibility index (Phi) is 1.71. The molecular weight excluding hydrogens is 126 g/mol. The Morgan fingerprint density at radius 1 is 1.80 bits per heavy atom. The Balaban J connectivity index is 3.29. The van der Waals surface area contributed by atoms with Crippen LogP contribution in [0.25, 0.3) is 12.7 Å². The van der Waals surface area contributed by atoms with Crippen molar-refractivity contribution in [3.8, 4) is 0 Å². The fourth-order valence-corrected chi connectivity index (χ4v) is 0.612. The van der Waals surface area contributed by atoms with Crippen LogP contribution >= 0.6 is 0 Å². The second-order valence-corrected chi connectivity index (χ2v) is 2.21. The zero-order valence-electron chi connectivity index (χ0n) is 5.92. The second kappa shape index (κ2) is 2.52. The molecule has 0 saturated heterocycles. The summed E-state index contributed by atoms with van der Waals surface area (Å²) in [7, 11) is 0. The molecule has 0 unspecified atom stereocenters. The van der Waals surface area contributed by atoms with E-state index in [-0.39, 0.29) is 0 Å². The van der Waals surface area contributed by atoms with Crippen molar-refractivity contribution in [2.24, 2.45) is 0 Å². The molecule has 0 atom stereocenters. The first-order valence-corrected chi connectivity index (χ1v) is 2.97. The summed E-state index contributed by atoms with van der Waals surface area (Å²) in [4.78, 5) is 0. The predicted molar refractivity (Wildman–Crippen MR) is 40.6 cm³/mol. The van der Waals surface area contributed by atoms with Gasteiger partial charge in [0, 0.05) is 5.22 Å². The lowest BCUT2D eigenvalue weighted by Gasteiger charge is -1.78. The SMILES string of the molecule is C=C(C)/C=c1/oncc1=C. The maximum atomic E-state index is 4.85. The Morgan fingerprint density at radius 2 is 2.50 bits per heavy atom. The first kappa shape index (κ1) is 6.81. The number of hydrogen-bond acceptors (Lipinski definition) is 2. The van der Waals surface area contributed by atoms with Crippen LogP contribution in [0, 0.1) is 0 Å². The Hall–Kier alpha value is -1.31. The molecule has 1 heterocycles. The first-order chi connectivity index (χ1) is 4.70. The van der Waals surface area contributed by atoms with E-state index in [1.165, 1.54) is 0 Å². The quantitative estimate of drug-likeness (QED) is 0.558. The Bertz CT molecular complexity index is 334. The molecule has 0 aliphatic carbocycles. The topological polar surface area (TPSA) is 26.0 Å². The number of allylic oxidation sites excluding steroid dienone is 1. The summed E-state index contributed by atoms with van der Waals surface area (Å²) in [6, 6.07) is 0. The minimum Gasteiger partial charge on any atom is -0.356 e. The molecule has 0 N–H and O–H groups in total. The van der Waals surface area contributed by atoms with Gasteiger partial charge in [0.25, 0.3) is 0 Å². The molecule has 1 aromatic rings. The van der Waals surface area contributed by atoms with Gasteiger partial charge in [-0.3, -0.25) is 0 Å². The third-order valence-electron chi connectivity index (χ3n) is 1.05. The van der Waals surface area contributed by atoms with Gasteiger partial charge in [-0.15, -0.1) is 0 Å². The highest BCUT2D eigenvalue weighted by atomic mass is 16.5. The number of hydrogen-bond donors (Lipinski definition) is 0. The zero-order chi connectivity index (χ0) is 7.56. The van der Waals surface area contributed by atoms with Crippen LogP contribution in [-0.2, 0) is 0 Å². The van der Waals surface area contributed by atoms with Gasteiger partial charge in [-0.25, -0.2) is 0 Å². The normalized spacial score (nSPS) is 11.9. The molecule has 1 rings (SSSR count). The Morgan fingerprint density at radius 3 is 2.90 bits per heavy atom. The summed E-state index contributed by atoms with van der Waals surface area (Å²) in [6.07, 6.45) is 3.38. The van der Waals surface area contributed by atoms with E-state index >= 15 is 0 Å². The predicted octanol–water partition coefficient (Wildman–Crippen LogP) is 0.441. The van der Waals surface area contributed by atoms with Crippen molar-refractivity contribution in [1.29, 1.82) is 0 Å². The van der Waals surface area contributed by atoms with Crippen molar-refractivity contribution >= 4 is 12.7 Å². The van der Waals surface area contributed by atoms with Crippen LogP contribution in [0.2, 0.25) is 0 Å². The average Bonchev–Trinajstić information content (AvgIpc) is 2.15. The van der Waals surface area contributed by atoms with Gasteiger partial charge in [0.1, 0.15) is 0 Å². The lowest BCUT2D eigenvalue weighted by molar-refractivity contribution is 0.394. The number of rotatable bonds is 1. The van der Waals surface area contributed by atoms with Crippen molar-refractivity contribution in [3.63, 3.8) is 0 Å². The summed E-state index contributed by atoms with van der Waals surface area (Å²) in [5, 5.41) is 4.36. The van der Waals surface area contributed by atoms with Gasteiger partial charge in [0.15, 0.2) is 5.42 Å². The molecule has 10 heavy (non-hydrogen) atoms.